The molecule has 1 nitrogen and oxygen atoms in total. The molecule has 20 heavy (non-hydrogen) atoms. The van der Waals surface area contributed by atoms with Crippen LogP contribution in [-0.4, -0.2) is 22.5 Å². The lowest BCUT2D eigenvalue weighted by Crippen LogP contribution is -2.55. The molecule has 0 N–H and O–H groups in total. The summed E-state index contributed by atoms with van der Waals surface area (Å²) in [6, 6.07) is 1.55. The van der Waals surface area contributed by atoms with Crippen molar-refractivity contribution in [2.45, 2.75) is 123 Å². The predicted octanol–water partition coefficient (Wildman–Crippen LogP) is 6.17. The third-order valence-corrected chi connectivity index (χ3v) is 5.28. The van der Waals surface area contributed by atoms with Crippen molar-refractivity contribution in [3.63, 3.8) is 0 Å². The number of unbranched alkanes of at least 4 members (excludes halogenated alkanes) is 6. The Morgan fingerprint density at radius 2 is 1.35 bits per heavy atom. The number of hydrogen-bond acceptors (Lipinski definition) is 1. The predicted molar refractivity (Wildman–Crippen MR) is 91.3 cm³/mol. The van der Waals surface area contributed by atoms with Crippen LogP contribution in [0.1, 0.15) is 105 Å². The van der Waals surface area contributed by atoms with E-state index in [1.807, 2.05) is 0 Å². The van der Waals surface area contributed by atoms with Gasteiger partial charge in [-0.25, -0.2) is 0 Å². The summed E-state index contributed by atoms with van der Waals surface area (Å²) in [6.07, 6.45) is 15.5. The normalized spacial score (nSPS) is 25.1. The molecule has 0 aromatic carbocycles. The van der Waals surface area contributed by atoms with Gasteiger partial charge in [0.1, 0.15) is 0 Å². The molecule has 2 atom stereocenters. The average molecular weight is 282 g/mol. The first-order valence-corrected chi connectivity index (χ1v) is 9.27. The van der Waals surface area contributed by atoms with E-state index in [-0.39, 0.29) is 0 Å². The van der Waals surface area contributed by atoms with Gasteiger partial charge in [-0.1, -0.05) is 58.3 Å². The minimum absolute atomic E-state index is 0.392. The van der Waals surface area contributed by atoms with Gasteiger partial charge in [-0.05, 0) is 47.0 Å². The van der Waals surface area contributed by atoms with Crippen molar-refractivity contribution in [2.75, 3.05) is 0 Å². The fourth-order valence-electron chi connectivity index (χ4n) is 4.26. The summed E-state index contributed by atoms with van der Waals surface area (Å²) >= 11 is 0. The van der Waals surface area contributed by atoms with Gasteiger partial charge in [0.15, 0.2) is 0 Å². The Morgan fingerprint density at radius 3 is 1.90 bits per heavy atom. The van der Waals surface area contributed by atoms with E-state index < -0.39 is 0 Å². The van der Waals surface area contributed by atoms with Gasteiger partial charge in [-0.2, -0.15) is 0 Å². The number of nitrogens with zero attached hydrogens (tertiary/aromatic N) is 1. The molecule has 0 spiro atoms. The zero-order valence-electron chi connectivity index (χ0n) is 14.9. The lowest BCUT2D eigenvalue weighted by molar-refractivity contribution is -0.000244. The van der Waals surface area contributed by atoms with E-state index in [4.69, 9.17) is 0 Å². The lowest BCUT2D eigenvalue weighted by Gasteiger charge is -2.49. The molecule has 1 heterocycles. The molecular weight excluding hydrogens is 242 g/mol. The quantitative estimate of drug-likeness (QED) is 0.457. The molecule has 1 rings (SSSR count). The molecule has 2 unspecified atom stereocenters. The molecule has 0 saturated carbocycles. The molecular formula is C19H39N. The van der Waals surface area contributed by atoms with Gasteiger partial charge in [-0.15, -0.1) is 0 Å². The minimum Gasteiger partial charge on any atom is -0.293 e. The zero-order chi connectivity index (χ0) is 15.0. The van der Waals surface area contributed by atoms with Crippen LogP contribution in [0.4, 0.5) is 0 Å². The van der Waals surface area contributed by atoms with Crippen LogP contribution in [0.2, 0.25) is 0 Å². The second-order valence-electron chi connectivity index (χ2n) is 7.72. The van der Waals surface area contributed by atoms with Gasteiger partial charge in [0.25, 0.3) is 0 Å². The van der Waals surface area contributed by atoms with Crippen LogP contribution in [0, 0.1) is 0 Å². The fourth-order valence-corrected chi connectivity index (χ4v) is 4.26. The Kier molecular flexibility index (Phi) is 8.17. The Hall–Kier alpha value is -0.0400. The molecule has 0 aromatic rings. The first-order valence-electron chi connectivity index (χ1n) is 9.27. The lowest BCUT2D eigenvalue weighted by atomic mass is 9.86. The molecule has 1 heteroatoms. The minimum atomic E-state index is 0.392. The van der Waals surface area contributed by atoms with Gasteiger partial charge in [0.05, 0.1) is 0 Å². The van der Waals surface area contributed by atoms with Crippen molar-refractivity contribution in [1.29, 1.82) is 0 Å². The maximum atomic E-state index is 2.81. The van der Waals surface area contributed by atoms with Crippen molar-refractivity contribution in [2.24, 2.45) is 0 Å². The highest BCUT2D eigenvalue weighted by Gasteiger charge is 2.35. The molecule has 0 amide bonds. The summed E-state index contributed by atoms with van der Waals surface area (Å²) in [7, 11) is 0. The highest BCUT2D eigenvalue weighted by molar-refractivity contribution is 4.91. The molecule has 0 radical (unpaired) electrons. The van der Waals surface area contributed by atoms with Gasteiger partial charge in [-0.3, -0.25) is 4.90 Å². The number of piperidine rings is 1. The summed E-state index contributed by atoms with van der Waals surface area (Å²) in [5.41, 5.74) is 0.392. The van der Waals surface area contributed by atoms with E-state index in [0.717, 1.165) is 12.1 Å². The van der Waals surface area contributed by atoms with E-state index in [0.29, 0.717) is 5.54 Å². The average Bonchev–Trinajstić information content (AvgIpc) is 2.37. The highest BCUT2D eigenvalue weighted by atomic mass is 15.2. The Labute approximate surface area is 128 Å². The third-order valence-electron chi connectivity index (χ3n) is 5.28. The fraction of sp³-hybridized carbons (Fsp3) is 1.00. The van der Waals surface area contributed by atoms with Gasteiger partial charge in [0, 0.05) is 17.6 Å². The molecule has 1 fully saturated rings. The highest BCUT2D eigenvalue weighted by Crippen LogP contribution is 2.33. The molecule has 1 saturated heterocycles. The molecule has 120 valence electrons. The first-order chi connectivity index (χ1) is 9.49. The number of hydrogen-bond donors (Lipinski definition) is 0. The molecule has 1 aliphatic heterocycles. The maximum Gasteiger partial charge on any atom is 0.0158 e. The largest absolute Gasteiger partial charge is 0.293 e. The van der Waals surface area contributed by atoms with Crippen molar-refractivity contribution in [3.05, 3.63) is 0 Å². The van der Waals surface area contributed by atoms with Crippen molar-refractivity contribution in [3.8, 4) is 0 Å². The van der Waals surface area contributed by atoms with Gasteiger partial charge in [0.2, 0.25) is 0 Å². The van der Waals surface area contributed by atoms with Crippen LogP contribution in [0.5, 0.6) is 0 Å². The molecule has 0 aliphatic carbocycles. The van der Waals surface area contributed by atoms with Crippen LogP contribution in [0.15, 0.2) is 0 Å². The number of likely N-dealkylation sites (tertiary alicyclic amines) is 1. The van der Waals surface area contributed by atoms with E-state index >= 15 is 0 Å². The van der Waals surface area contributed by atoms with Crippen LogP contribution in [0.3, 0.4) is 0 Å². The summed E-state index contributed by atoms with van der Waals surface area (Å²) in [5.74, 6) is 0. The summed E-state index contributed by atoms with van der Waals surface area (Å²) in [5, 5.41) is 0. The van der Waals surface area contributed by atoms with Crippen LogP contribution in [-0.2, 0) is 0 Å². The maximum absolute atomic E-state index is 2.81. The van der Waals surface area contributed by atoms with Crippen molar-refractivity contribution >= 4 is 0 Å². The van der Waals surface area contributed by atoms with Crippen molar-refractivity contribution in [1.82, 2.24) is 4.90 Å². The van der Waals surface area contributed by atoms with E-state index in [1.54, 1.807) is 0 Å². The van der Waals surface area contributed by atoms with Crippen molar-refractivity contribution < 1.29 is 0 Å². The smallest absolute Gasteiger partial charge is 0.0158 e. The summed E-state index contributed by atoms with van der Waals surface area (Å²) in [6.45, 7) is 12.1. The second-order valence-corrected chi connectivity index (χ2v) is 7.72. The second kappa shape index (κ2) is 9.07. The van der Waals surface area contributed by atoms with Crippen LogP contribution < -0.4 is 0 Å². The summed E-state index contributed by atoms with van der Waals surface area (Å²) in [4.78, 5) is 2.81. The van der Waals surface area contributed by atoms with E-state index in [9.17, 15) is 0 Å². The van der Waals surface area contributed by atoms with Gasteiger partial charge >= 0.3 is 0 Å². The molecule has 0 bridgehead atoms. The van der Waals surface area contributed by atoms with Gasteiger partial charge < -0.3 is 0 Å². The van der Waals surface area contributed by atoms with Crippen LogP contribution >= 0.6 is 0 Å². The van der Waals surface area contributed by atoms with Crippen LogP contribution in [0.25, 0.3) is 0 Å². The third kappa shape index (κ3) is 5.76. The number of rotatable bonds is 9. The zero-order valence-corrected chi connectivity index (χ0v) is 14.9. The molecule has 1 aliphatic rings. The summed E-state index contributed by atoms with van der Waals surface area (Å²) < 4.78 is 0. The topological polar surface area (TPSA) is 3.24 Å². The first kappa shape index (κ1) is 18.0. The standard InChI is InChI=1S/C19H39N/c1-6-7-8-9-10-11-12-16-19(4,5)20-17(2)14-13-15-18(20)3/h17-18H,6-16H2,1-5H3. The van der Waals surface area contributed by atoms with E-state index in [2.05, 4.69) is 39.5 Å². The van der Waals surface area contributed by atoms with E-state index in [1.165, 1.54) is 70.6 Å². The monoisotopic (exact) mass is 281 g/mol. The Morgan fingerprint density at radius 1 is 0.850 bits per heavy atom. The Bertz CT molecular complexity index is 236. The Balaban J connectivity index is 2.26. The molecule has 0 aromatic heterocycles. The SMILES string of the molecule is CCCCCCCCCC(C)(C)N1C(C)CCCC1C.